The Bertz CT molecular complexity index is 1170. The molecule has 1 aliphatic heterocycles. The van der Waals surface area contributed by atoms with Crippen LogP contribution in [0.3, 0.4) is 0 Å². The van der Waals surface area contributed by atoms with E-state index < -0.39 is 11.4 Å². The number of hydrogen-bond donors (Lipinski definition) is 1. The molecule has 1 atom stereocenters. The van der Waals surface area contributed by atoms with E-state index in [0.29, 0.717) is 29.1 Å². The minimum Gasteiger partial charge on any atom is -0.369 e. The first kappa shape index (κ1) is 18.6. The number of nitrogens with two attached hydrogens (primary N) is 1. The van der Waals surface area contributed by atoms with Crippen molar-refractivity contribution in [2.75, 3.05) is 0 Å². The maximum absolute atomic E-state index is 14.7. The summed E-state index contributed by atoms with van der Waals surface area (Å²) in [5.74, 6) is -0.295. The van der Waals surface area contributed by atoms with Crippen LogP contribution < -0.4 is 5.73 Å². The molecule has 0 aliphatic carbocycles. The van der Waals surface area contributed by atoms with Crippen LogP contribution in [0.4, 0.5) is 4.39 Å². The van der Waals surface area contributed by atoms with E-state index in [1.54, 1.807) is 22.8 Å². The Labute approximate surface area is 167 Å². The zero-order chi connectivity index (χ0) is 20.6. The maximum Gasteiger partial charge on any atom is 0.200 e. The topological polar surface area (TPSA) is 97.1 Å². The van der Waals surface area contributed by atoms with Gasteiger partial charge in [-0.25, -0.2) is 9.38 Å². The number of fused-ring (bicyclic) bond motifs is 1. The number of carbonyl (C=O) groups is 1. The van der Waals surface area contributed by atoms with Crippen molar-refractivity contribution in [3.05, 3.63) is 88.8 Å². The Hall–Kier alpha value is -3.79. The molecule has 0 fully saturated rings. The molecule has 0 radical (unpaired) electrons. The van der Waals surface area contributed by atoms with Crippen LogP contribution in [0.15, 0.2) is 59.9 Å². The van der Waals surface area contributed by atoms with E-state index in [-0.39, 0.29) is 17.9 Å². The Morgan fingerprint density at radius 2 is 2.17 bits per heavy atom. The van der Waals surface area contributed by atoms with Crippen molar-refractivity contribution in [2.45, 2.75) is 25.3 Å². The highest BCUT2D eigenvalue weighted by atomic mass is 19.1. The van der Waals surface area contributed by atoms with E-state index in [9.17, 15) is 9.18 Å². The third kappa shape index (κ3) is 3.41. The summed E-state index contributed by atoms with van der Waals surface area (Å²) in [4.78, 5) is 21.1. The highest BCUT2D eigenvalue weighted by molar-refractivity contribution is 5.95. The van der Waals surface area contributed by atoms with Crippen LogP contribution in [0, 0.1) is 17.1 Å². The Kier molecular flexibility index (Phi) is 4.47. The van der Waals surface area contributed by atoms with E-state index >= 15 is 0 Å². The van der Waals surface area contributed by atoms with Crippen molar-refractivity contribution >= 4 is 11.7 Å². The molecule has 29 heavy (non-hydrogen) atoms. The van der Waals surface area contributed by atoms with Gasteiger partial charge in [-0.3, -0.25) is 14.3 Å². The molecular formula is C22H18FN5O. The zero-order valence-corrected chi connectivity index (χ0v) is 15.8. The van der Waals surface area contributed by atoms with Gasteiger partial charge >= 0.3 is 0 Å². The lowest BCUT2D eigenvalue weighted by molar-refractivity contribution is 0.0988. The summed E-state index contributed by atoms with van der Waals surface area (Å²) < 4.78 is 16.5. The van der Waals surface area contributed by atoms with Crippen LogP contribution in [0.2, 0.25) is 0 Å². The third-order valence-electron chi connectivity index (χ3n) is 5.12. The van der Waals surface area contributed by atoms with E-state index in [4.69, 9.17) is 11.0 Å². The van der Waals surface area contributed by atoms with Gasteiger partial charge in [0.25, 0.3) is 0 Å². The monoisotopic (exact) mass is 387 g/mol. The number of pyridine rings is 1. The molecule has 6 nitrogen and oxygen atoms in total. The lowest BCUT2D eigenvalue weighted by atomic mass is 9.85. The summed E-state index contributed by atoms with van der Waals surface area (Å²) in [6.07, 6.45) is 3.74. The van der Waals surface area contributed by atoms with Gasteiger partial charge in [0.05, 0.1) is 11.1 Å². The van der Waals surface area contributed by atoms with Gasteiger partial charge in [0, 0.05) is 36.5 Å². The number of carbonyl (C=O) groups excluding carboxylic acids is 1. The fourth-order valence-corrected chi connectivity index (χ4v) is 3.63. The predicted octanol–water partition coefficient (Wildman–Crippen LogP) is 2.95. The number of aliphatic imine (C=N–C) groups is 1. The number of aromatic nitrogens is 2. The van der Waals surface area contributed by atoms with Crippen LogP contribution in [0.25, 0.3) is 0 Å². The minimum atomic E-state index is -0.867. The number of rotatable bonds is 4. The summed E-state index contributed by atoms with van der Waals surface area (Å²) in [5, 5.41) is 8.84. The Morgan fingerprint density at radius 3 is 2.90 bits per heavy atom. The zero-order valence-electron chi connectivity index (χ0n) is 15.8. The number of nitriles is 1. The molecule has 0 spiro atoms. The molecule has 1 unspecified atom stereocenters. The summed E-state index contributed by atoms with van der Waals surface area (Å²) in [6.45, 7) is 1.84. The third-order valence-corrected chi connectivity index (χ3v) is 5.12. The van der Waals surface area contributed by atoms with Gasteiger partial charge in [-0.15, -0.1) is 0 Å². The first-order valence-corrected chi connectivity index (χ1v) is 9.10. The molecule has 0 saturated carbocycles. The second-order valence-electron chi connectivity index (χ2n) is 7.25. The lowest BCUT2D eigenvalue weighted by Gasteiger charge is -2.31. The average molecular weight is 387 g/mol. The lowest BCUT2D eigenvalue weighted by Crippen LogP contribution is -2.37. The van der Waals surface area contributed by atoms with Crippen LogP contribution in [0.1, 0.15) is 39.8 Å². The van der Waals surface area contributed by atoms with Crippen molar-refractivity contribution in [1.82, 2.24) is 9.55 Å². The molecular weight excluding hydrogens is 369 g/mol. The highest BCUT2D eigenvalue weighted by Crippen LogP contribution is 2.35. The molecule has 1 aliphatic rings. The summed E-state index contributed by atoms with van der Waals surface area (Å²) in [7, 11) is 0. The molecule has 2 aromatic heterocycles. The number of Topliss-reactive ketones (excluding diaryl/α,β-unsaturated/α-hetero) is 1. The quantitative estimate of drug-likeness (QED) is 0.696. The SMILES string of the molecule is CC1(c2cc(CC(=O)c3ccc(C#N)cn3)ccc2F)Cc2cccn2C(N)=N1. The minimum absolute atomic E-state index is 0.0673. The average Bonchev–Trinajstić information content (AvgIpc) is 3.18. The smallest absolute Gasteiger partial charge is 0.200 e. The summed E-state index contributed by atoms with van der Waals surface area (Å²) >= 11 is 0. The predicted molar refractivity (Wildman–Crippen MR) is 106 cm³/mol. The van der Waals surface area contributed by atoms with Crippen molar-refractivity contribution in [3.8, 4) is 6.07 Å². The van der Waals surface area contributed by atoms with Gasteiger partial charge in [-0.05, 0) is 48.9 Å². The molecule has 2 N–H and O–H groups in total. The van der Waals surface area contributed by atoms with Gasteiger partial charge in [-0.1, -0.05) is 6.07 Å². The van der Waals surface area contributed by atoms with Gasteiger partial charge < -0.3 is 5.73 Å². The van der Waals surface area contributed by atoms with Crippen molar-refractivity contribution in [1.29, 1.82) is 5.26 Å². The molecule has 3 aromatic rings. The first-order valence-electron chi connectivity index (χ1n) is 9.10. The molecule has 0 amide bonds. The first-order chi connectivity index (χ1) is 13.9. The van der Waals surface area contributed by atoms with Crippen LogP contribution in [-0.4, -0.2) is 21.3 Å². The Morgan fingerprint density at radius 1 is 1.34 bits per heavy atom. The Balaban J connectivity index is 1.63. The van der Waals surface area contributed by atoms with Gasteiger partial charge in [0.15, 0.2) is 5.78 Å². The van der Waals surface area contributed by atoms with Crippen molar-refractivity contribution in [2.24, 2.45) is 10.7 Å². The number of benzene rings is 1. The van der Waals surface area contributed by atoms with Gasteiger partial charge in [0.2, 0.25) is 5.96 Å². The van der Waals surface area contributed by atoms with Crippen LogP contribution >= 0.6 is 0 Å². The van der Waals surface area contributed by atoms with E-state index in [2.05, 4.69) is 9.98 Å². The molecule has 7 heteroatoms. The molecule has 4 rings (SSSR count). The van der Waals surface area contributed by atoms with Crippen molar-refractivity contribution in [3.63, 3.8) is 0 Å². The standard InChI is InChI=1S/C22H18FN5O/c1-22(11-16-3-2-8-28(16)21(25)27-22)17-9-14(4-6-18(17)23)10-20(29)19-7-5-15(12-24)13-26-19/h2-9,13H,10-11H2,1H3,(H2,25,27). The van der Waals surface area contributed by atoms with Gasteiger partial charge in [0.1, 0.15) is 17.6 Å². The highest BCUT2D eigenvalue weighted by Gasteiger charge is 2.34. The number of hydrogen-bond acceptors (Lipinski definition) is 5. The second-order valence-corrected chi connectivity index (χ2v) is 7.25. The van der Waals surface area contributed by atoms with Gasteiger partial charge in [-0.2, -0.15) is 5.26 Å². The van der Waals surface area contributed by atoms with E-state index in [0.717, 1.165) is 5.69 Å². The van der Waals surface area contributed by atoms with E-state index in [1.807, 2.05) is 31.3 Å². The molecule has 3 heterocycles. The van der Waals surface area contributed by atoms with E-state index in [1.165, 1.54) is 18.3 Å². The maximum atomic E-state index is 14.7. The fraction of sp³-hybridized carbons (Fsp3) is 0.182. The van der Waals surface area contributed by atoms with Crippen LogP contribution in [0.5, 0.6) is 0 Å². The largest absolute Gasteiger partial charge is 0.369 e. The molecule has 0 bridgehead atoms. The second kappa shape index (κ2) is 6.99. The fourth-order valence-electron chi connectivity index (χ4n) is 3.63. The summed E-state index contributed by atoms with van der Waals surface area (Å²) in [6, 6.07) is 13.5. The number of nitrogens with zero attached hydrogens (tertiary/aromatic N) is 4. The normalized spacial score (nSPS) is 17.9. The van der Waals surface area contributed by atoms with Crippen molar-refractivity contribution < 1.29 is 9.18 Å². The number of ketones is 1. The molecule has 144 valence electrons. The summed E-state index contributed by atoms with van der Waals surface area (Å²) in [5.41, 5.74) is 7.86. The number of halogens is 1. The molecule has 0 saturated heterocycles. The van der Waals surface area contributed by atoms with Crippen LogP contribution in [-0.2, 0) is 18.4 Å². The molecule has 1 aromatic carbocycles.